The highest BCUT2D eigenvalue weighted by atomic mass is 16.2. The van der Waals surface area contributed by atoms with E-state index in [0.29, 0.717) is 6.54 Å². The Morgan fingerprint density at radius 1 is 1.37 bits per heavy atom. The van der Waals surface area contributed by atoms with Crippen LogP contribution in [-0.2, 0) is 9.59 Å². The van der Waals surface area contributed by atoms with Crippen molar-refractivity contribution in [1.82, 2.24) is 10.7 Å². The van der Waals surface area contributed by atoms with E-state index < -0.39 is 5.91 Å². The van der Waals surface area contributed by atoms with E-state index in [4.69, 9.17) is 0 Å². The Hall–Kier alpha value is -2.43. The van der Waals surface area contributed by atoms with Gasteiger partial charge >= 0.3 is 0 Å². The van der Waals surface area contributed by atoms with E-state index in [9.17, 15) is 9.59 Å². The van der Waals surface area contributed by atoms with Crippen molar-refractivity contribution in [2.75, 3.05) is 6.54 Å². The van der Waals surface area contributed by atoms with Gasteiger partial charge in [-0.2, -0.15) is 5.10 Å². The Balaban J connectivity index is 2.37. The van der Waals surface area contributed by atoms with Gasteiger partial charge < -0.3 is 5.32 Å². The van der Waals surface area contributed by atoms with Gasteiger partial charge in [0.2, 0.25) is 11.8 Å². The first-order valence-corrected chi connectivity index (χ1v) is 5.88. The molecule has 1 rings (SSSR count). The van der Waals surface area contributed by atoms with E-state index in [2.05, 4.69) is 22.4 Å². The van der Waals surface area contributed by atoms with Gasteiger partial charge in [-0.05, 0) is 12.5 Å². The Morgan fingerprint density at radius 3 is 2.84 bits per heavy atom. The molecule has 0 aromatic heterocycles. The summed E-state index contributed by atoms with van der Waals surface area (Å²) in [5, 5.41) is 6.30. The van der Waals surface area contributed by atoms with Gasteiger partial charge in [0.05, 0.1) is 6.21 Å². The first kappa shape index (κ1) is 14.6. The molecule has 5 nitrogen and oxygen atoms in total. The molecule has 0 heterocycles. The first-order valence-electron chi connectivity index (χ1n) is 5.88. The zero-order valence-electron chi connectivity index (χ0n) is 10.8. The Kier molecular flexibility index (Phi) is 6.02. The maximum Gasteiger partial charge on any atom is 0.249 e. The van der Waals surface area contributed by atoms with Gasteiger partial charge in [0.15, 0.2) is 0 Å². The normalized spacial score (nSPS) is 10.2. The number of carbonyl (C=O) groups is 2. The third-order valence-electron chi connectivity index (χ3n) is 2.21. The molecule has 0 bridgehead atoms. The van der Waals surface area contributed by atoms with Crippen molar-refractivity contribution >= 4 is 18.0 Å². The molecular formula is C14H17N3O2. The minimum atomic E-state index is -0.453. The zero-order valence-corrected chi connectivity index (χ0v) is 10.8. The van der Waals surface area contributed by atoms with Crippen molar-refractivity contribution in [1.29, 1.82) is 0 Å². The minimum Gasteiger partial charge on any atom is -0.352 e. The molecule has 1 aromatic rings. The molecule has 0 radical (unpaired) electrons. The van der Waals surface area contributed by atoms with Crippen LogP contribution in [0.1, 0.15) is 17.5 Å². The lowest BCUT2D eigenvalue weighted by atomic mass is 10.2. The molecule has 0 aliphatic heterocycles. The highest BCUT2D eigenvalue weighted by Crippen LogP contribution is 2.00. The average molecular weight is 259 g/mol. The van der Waals surface area contributed by atoms with Crippen LogP contribution in [0.3, 0.4) is 0 Å². The summed E-state index contributed by atoms with van der Waals surface area (Å²) < 4.78 is 0. The number of rotatable bonds is 6. The number of aryl methyl sites for hydroxylation is 1. The van der Waals surface area contributed by atoms with Crippen molar-refractivity contribution < 1.29 is 9.59 Å². The quantitative estimate of drug-likeness (QED) is 0.348. The molecule has 100 valence electrons. The van der Waals surface area contributed by atoms with Crippen LogP contribution in [0.25, 0.3) is 0 Å². The lowest BCUT2D eigenvalue weighted by molar-refractivity contribution is -0.129. The third-order valence-corrected chi connectivity index (χ3v) is 2.21. The van der Waals surface area contributed by atoms with Crippen molar-refractivity contribution in [2.24, 2.45) is 5.10 Å². The van der Waals surface area contributed by atoms with Crippen molar-refractivity contribution in [3.05, 3.63) is 48.0 Å². The summed E-state index contributed by atoms with van der Waals surface area (Å²) in [6, 6.07) is 7.69. The average Bonchev–Trinajstić information content (AvgIpc) is 2.36. The number of carbonyl (C=O) groups excluding carboxylic acids is 2. The Morgan fingerprint density at radius 2 is 2.16 bits per heavy atom. The summed E-state index contributed by atoms with van der Waals surface area (Å²) in [7, 11) is 0. The zero-order chi connectivity index (χ0) is 14.1. The number of hydrazone groups is 1. The SMILES string of the molecule is C=CCNC(=O)CC(=O)N/N=C/c1cccc(C)c1. The highest BCUT2D eigenvalue weighted by Gasteiger charge is 2.06. The molecule has 0 saturated carbocycles. The summed E-state index contributed by atoms with van der Waals surface area (Å²) in [5.41, 5.74) is 4.30. The van der Waals surface area contributed by atoms with Crippen molar-refractivity contribution in [3.8, 4) is 0 Å². The molecule has 5 heteroatoms. The number of nitrogens with zero attached hydrogens (tertiary/aromatic N) is 1. The molecule has 0 saturated heterocycles. The second-order valence-corrected chi connectivity index (χ2v) is 3.98. The molecule has 0 atom stereocenters. The van der Waals surface area contributed by atoms with Gasteiger partial charge in [-0.15, -0.1) is 6.58 Å². The predicted molar refractivity (Wildman–Crippen MR) is 74.7 cm³/mol. The fourth-order valence-corrected chi connectivity index (χ4v) is 1.36. The highest BCUT2D eigenvalue weighted by molar-refractivity contribution is 5.97. The lowest BCUT2D eigenvalue weighted by Crippen LogP contribution is -2.29. The van der Waals surface area contributed by atoms with Gasteiger partial charge in [-0.1, -0.05) is 35.9 Å². The molecule has 0 fully saturated rings. The van der Waals surface area contributed by atoms with E-state index in [0.717, 1.165) is 11.1 Å². The molecule has 2 N–H and O–H groups in total. The number of benzene rings is 1. The first-order chi connectivity index (χ1) is 9.11. The third kappa shape index (κ3) is 6.16. The van der Waals surface area contributed by atoms with Crippen LogP contribution in [-0.4, -0.2) is 24.6 Å². The molecule has 0 aliphatic carbocycles. The van der Waals surface area contributed by atoms with E-state index in [1.807, 2.05) is 31.2 Å². The molecule has 19 heavy (non-hydrogen) atoms. The lowest BCUT2D eigenvalue weighted by Gasteiger charge is -2.01. The summed E-state index contributed by atoms with van der Waals surface area (Å²) in [6.07, 6.45) is 2.83. The fourth-order valence-electron chi connectivity index (χ4n) is 1.36. The number of hydrogen-bond acceptors (Lipinski definition) is 3. The molecule has 0 spiro atoms. The van der Waals surface area contributed by atoms with Crippen LogP contribution in [0.2, 0.25) is 0 Å². The van der Waals surface area contributed by atoms with E-state index in [-0.39, 0.29) is 12.3 Å². The van der Waals surface area contributed by atoms with Crippen LogP contribution < -0.4 is 10.7 Å². The Labute approximate surface area is 112 Å². The molecule has 0 aliphatic rings. The predicted octanol–water partition coefficient (Wildman–Crippen LogP) is 1.14. The number of amides is 2. The van der Waals surface area contributed by atoms with Crippen LogP contribution in [0.15, 0.2) is 42.0 Å². The van der Waals surface area contributed by atoms with Crippen molar-refractivity contribution in [2.45, 2.75) is 13.3 Å². The minimum absolute atomic E-state index is 0.251. The summed E-state index contributed by atoms with van der Waals surface area (Å²) in [6.45, 7) is 5.78. The van der Waals surface area contributed by atoms with Gasteiger partial charge in [0.25, 0.3) is 0 Å². The van der Waals surface area contributed by atoms with Crippen LogP contribution in [0.4, 0.5) is 0 Å². The number of hydrogen-bond donors (Lipinski definition) is 2. The van der Waals surface area contributed by atoms with Crippen LogP contribution in [0.5, 0.6) is 0 Å². The topological polar surface area (TPSA) is 70.6 Å². The maximum atomic E-state index is 11.4. The van der Waals surface area contributed by atoms with Gasteiger partial charge in [0, 0.05) is 6.54 Å². The largest absolute Gasteiger partial charge is 0.352 e. The number of nitrogens with one attached hydrogen (secondary N) is 2. The van der Waals surface area contributed by atoms with Crippen LogP contribution >= 0.6 is 0 Å². The second-order valence-electron chi connectivity index (χ2n) is 3.98. The van der Waals surface area contributed by atoms with Gasteiger partial charge in [-0.3, -0.25) is 9.59 Å². The smallest absolute Gasteiger partial charge is 0.249 e. The van der Waals surface area contributed by atoms with E-state index >= 15 is 0 Å². The fraction of sp³-hybridized carbons (Fsp3) is 0.214. The molecule has 2 amide bonds. The monoisotopic (exact) mass is 259 g/mol. The summed E-state index contributed by atoms with van der Waals surface area (Å²) >= 11 is 0. The molecule has 0 unspecified atom stereocenters. The summed E-state index contributed by atoms with van der Waals surface area (Å²) in [5.74, 6) is -0.811. The molecule has 1 aromatic carbocycles. The maximum absolute atomic E-state index is 11.4. The van der Waals surface area contributed by atoms with E-state index in [1.54, 1.807) is 6.08 Å². The van der Waals surface area contributed by atoms with Crippen LogP contribution in [0, 0.1) is 6.92 Å². The second kappa shape index (κ2) is 7.81. The standard InChI is InChI=1S/C14H17N3O2/c1-3-7-15-13(18)9-14(19)17-16-10-12-6-4-5-11(2)8-12/h3-6,8,10H,1,7,9H2,2H3,(H,15,18)(H,17,19)/b16-10+. The Bertz CT molecular complexity index is 495. The summed E-state index contributed by atoms with van der Waals surface area (Å²) in [4.78, 5) is 22.6. The van der Waals surface area contributed by atoms with E-state index in [1.165, 1.54) is 6.21 Å². The van der Waals surface area contributed by atoms with Gasteiger partial charge in [-0.25, -0.2) is 5.43 Å². The van der Waals surface area contributed by atoms with Gasteiger partial charge in [0.1, 0.15) is 6.42 Å². The molecular weight excluding hydrogens is 242 g/mol. The van der Waals surface area contributed by atoms with Crippen molar-refractivity contribution in [3.63, 3.8) is 0 Å².